The maximum absolute atomic E-state index is 10.6. The lowest BCUT2D eigenvalue weighted by Crippen LogP contribution is -2.36. The van der Waals surface area contributed by atoms with Gasteiger partial charge in [0.15, 0.2) is 0 Å². The maximum Gasteiger partial charge on any atom is 0.322 e. The number of aromatic nitrogens is 3. The Labute approximate surface area is 130 Å². The molecule has 0 aromatic carbocycles. The first-order valence-electron chi connectivity index (χ1n) is 7.51. The van der Waals surface area contributed by atoms with E-state index in [2.05, 4.69) is 20.3 Å². The van der Waals surface area contributed by atoms with Crippen molar-refractivity contribution in [1.29, 1.82) is 0 Å². The average molecular weight is 315 g/mol. The van der Waals surface area contributed by atoms with Gasteiger partial charge < -0.3 is 15.2 Å². The Morgan fingerprint density at radius 1 is 1.19 bits per heavy atom. The van der Waals surface area contributed by atoms with Gasteiger partial charge in [0.05, 0.1) is 11.7 Å². The van der Waals surface area contributed by atoms with Crippen LogP contribution in [0.2, 0.25) is 5.28 Å². The van der Waals surface area contributed by atoms with Crippen molar-refractivity contribution in [1.82, 2.24) is 15.0 Å². The molecule has 1 aromatic heterocycles. The molecule has 0 bridgehead atoms. The standard InChI is InChI=1S/C14H23ClN4O2/c1-10(2)21-13-18-11(15)17-12(19-13)16-9-14(20)7-5-3-4-6-8-14/h10,20H,3-9H2,1-2H3,(H,16,17,18,19). The summed E-state index contributed by atoms with van der Waals surface area (Å²) in [6, 6.07) is 0.195. The number of hydrogen-bond donors (Lipinski definition) is 2. The quantitative estimate of drug-likeness (QED) is 0.813. The molecule has 0 aliphatic heterocycles. The smallest absolute Gasteiger partial charge is 0.322 e. The molecular weight excluding hydrogens is 292 g/mol. The number of aliphatic hydroxyl groups is 1. The van der Waals surface area contributed by atoms with Gasteiger partial charge in [-0.1, -0.05) is 25.7 Å². The van der Waals surface area contributed by atoms with Crippen LogP contribution in [-0.4, -0.2) is 38.3 Å². The van der Waals surface area contributed by atoms with Crippen LogP contribution in [0.15, 0.2) is 0 Å². The topological polar surface area (TPSA) is 80.2 Å². The monoisotopic (exact) mass is 314 g/mol. The number of anilines is 1. The Hall–Kier alpha value is -1.14. The van der Waals surface area contributed by atoms with E-state index in [1.807, 2.05) is 13.8 Å². The lowest BCUT2D eigenvalue weighted by molar-refractivity contribution is 0.0379. The second-order valence-electron chi connectivity index (χ2n) is 5.87. The molecule has 1 heterocycles. The van der Waals surface area contributed by atoms with E-state index in [4.69, 9.17) is 16.3 Å². The van der Waals surface area contributed by atoms with Gasteiger partial charge in [0.25, 0.3) is 0 Å². The molecule has 0 radical (unpaired) electrons. The molecule has 1 saturated carbocycles. The first kappa shape index (κ1) is 16.2. The summed E-state index contributed by atoms with van der Waals surface area (Å²) in [6.07, 6.45) is 6.04. The summed E-state index contributed by atoms with van der Waals surface area (Å²) in [6.45, 7) is 4.19. The maximum atomic E-state index is 10.6. The summed E-state index contributed by atoms with van der Waals surface area (Å²) in [5.74, 6) is 0.336. The van der Waals surface area contributed by atoms with Gasteiger partial charge in [-0.2, -0.15) is 15.0 Å². The van der Waals surface area contributed by atoms with Crippen LogP contribution in [0.1, 0.15) is 52.4 Å². The minimum absolute atomic E-state index is 0.0395. The van der Waals surface area contributed by atoms with Crippen molar-refractivity contribution in [2.45, 2.75) is 64.1 Å². The molecule has 118 valence electrons. The van der Waals surface area contributed by atoms with Crippen molar-refractivity contribution in [2.24, 2.45) is 0 Å². The molecule has 2 rings (SSSR count). The molecule has 0 atom stereocenters. The predicted molar refractivity (Wildman–Crippen MR) is 81.7 cm³/mol. The predicted octanol–water partition coefficient (Wildman–Crippen LogP) is 2.81. The van der Waals surface area contributed by atoms with Gasteiger partial charge in [0.1, 0.15) is 0 Å². The normalized spacial score (nSPS) is 18.3. The molecular formula is C14H23ClN4O2. The largest absolute Gasteiger partial charge is 0.461 e. The molecule has 6 nitrogen and oxygen atoms in total. The summed E-state index contributed by atoms with van der Waals surface area (Å²) in [7, 11) is 0. The third kappa shape index (κ3) is 5.28. The minimum atomic E-state index is -0.700. The molecule has 1 aliphatic carbocycles. The van der Waals surface area contributed by atoms with E-state index in [0.29, 0.717) is 12.5 Å². The fourth-order valence-corrected chi connectivity index (χ4v) is 2.63. The molecule has 2 N–H and O–H groups in total. The first-order valence-corrected chi connectivity index (χ1v) is 7.89. The summed E-state index contributed by atoms with van der Waals surface area (Å²) >= 11 is 5.87. The van der Waals surface area contributed by atoms with Crippen molar-refractivity contribution < 1.29 is 9.84 Å². The third-order valence-electron chi connectivity index (χ3n) is 3.54. The SMILES string of the molecule is CC(C)Oc1nc(Cl)nc(NCC2(O)CCCCCC2)n1. The lowest BCUT2D eigenvalue weighted by Gasteiger charge is -2.26. The van der Waals surface area contributed by atoms with Gasteiger partial charge in [-0.3, -0.25) is 0 Å². The molecule has 21 heavy (non-hydrogen) atoms. The van der Waals surface area contributed by atoms with Crippen LogP contribution in [0, 0.1) is 0 Å². The zero-order valence-corrected chi connectivity index (χ0v) is 13.4. The van der Waals surface area contributed by atoms with Crippen LogP contribution in [0.3, 0.4) is 0 Å². The summed E-state index contributed by atoms with van der Waals surface area (Å²) < 4.78 is 5.42. The molecule has 0 amide bonds. The number of hydrogen-bond acceptors (Lipinski definition) is 6. The summed E-state index contributed by atoms with van der Waals surface area (Å²) in [4.78, 5) is 12.1. The Morgan fingerprint density at radius 2 is 1.86 bits per heavy atom. The molecule has 0 saturated heterocycles. The van der Waals surface area contributed by atoms with Gasteiger partial charge in [-0.05, 0) is 38.3 Å². The van der Waals surface area contributed by atoms with Crippen LogP contribution in [-0.2, 0) is 0 Å². The van der Waals surface area contributed by atoms with E-state index < -0.39 is 5.60 Å². The Bertz CT molecular complexity index is 462. The average Bonchev–Trinajstić information content (AvgIpc) is 2.61. The number of nitrogens with one attached hydrogen (secondary N) is 1. The van der Waals surface area contributed by atoms with Crippen LogP contribution in [0.25, 0.3) is 0 Å². The van der Waals surface area contributed by atoms with Gasteiger partial charge >= 0.3 is 6.01 Å². The second-order valence-corrected chi connectivity index (χ2v) is 6.21. The van der Waals surface area contributed by atoms with Crippen LogP contribution < -0.4 is 10.1 Å². The highest BCUT2D eigenvalue weighted by Gasteiger charge is 2.28. The molecule has 1 aliphatic rings. The minimum Gasteiger partial charge on any atom is -0.461 e. The van der Waals surface area contributed by atoms with Crippen molar-refractivity contribution >= 4 is 17.5 Å². The van der Waals surface area contributed by atoms with E-state index in [9.17, 15) is 5.11 Å². The fraction of sp³-hybridized carbons (Fsp3) is 0.786. The van der Waals surface area contributed by atoms with Crippen molar-refractivity contribution in [3.05, 3.63) is 5.28 Å². The summed E-state index contributed by atoms with van der Waals surface area (Å²) in [5.41, 5.74) is -0.700. The van der Waals surface area contributed by atoms with Gasteiger partial charge in [0.2, 0.25) is 11.2 Å². The molecule has 1 aromatic rings. The van der Waals surface area contributed by atoms with Gasteiger partial charge in [-0.15, -0.1) is 0 Å². The zero-order chi connectivity index (χ0) is 15.3. The first-order chi connectivity index (χ1) is 9.97. The lowest BCUT2D eigenvalue weighted by atomic mass is 9.95. The zero-order valence-electron chi connectivity index (χ0n) is 12.6. The van der Waals surface area contributed by atoms with Crippen LogP contribution in [0.4, 0.5) is 5.95 Å². The molecule has 7 heteroatoms. The van der Waals surface area contributed by atoms with Gasteiger partial charge in [-0.25, -0.2) is 0 Å². The van der Waals surface area contributed by atoms with Crippen molar-refractivity contribution in [3.63, 3.8) is 0 Å². The van der Waals surface area contributed by atoms with Crippen LogP contribution >= 0.6 is 11.6 Å². The van der Waals surface area contributed by atoms with E-state index in [1.54, 1.807) is 0 Å². The van der Waals surface area contributed by atoms with Crippen molar-refractivity contribution in [2.75, 3.05) is 11.9 Å². The van der Waals surface area contributed by atoms with E-state index in [0.717, 1.165) is 25.7 Å². The highest BCUT2D eigenvalue weighted by Crippen LogP contribution is 2.27. The number of ether oxygens (including phenoxy) is 1. The number of nitrogens with zero attached hydrogens (tertiary/aromatic N) is 3. The van der Waals surface area contributed by atoms with E-state index in [-0.39, 0.29) is 17.4 Å². The van der Waals surface area contributed by atoms with Crippen LogP contribution in [0.5, 0.6) is 6.01 Å². The fourth-order valence-electron chi connectivity index (χ4n) is 2.48. The summed E-state index contributed by atoms with van der Waals surface area (Å²) in [5, 5.41) is 13.7. The second kappa shape index (κ2) is 7.22. The van der Waals surface area contributed by atoms with Crippen molar-refractivity contribution in [3.8, 4) is 6.01 Å². The highest BCUT2D eigenvalue weighted by molar-refractivity contribution is 6.28. The third-order valence-corrected chi connectivity index (χ3v) is 3.71. The molecule has 0 spiro atoms. The van der Waals surface area contributed by atoms with E-state index >= 15 is 0 Å². The Balaban J connectivity index is 2.00. The number of halogens is 1. The molecule has 1 fully saturated rings. The number of rotatable bonds is 5. The Morgan fingerprint density at radius 3 is 2.48 bits per heavy atom. The van der Waals surface area contributed by atoms with Gasteiger partial charge in [0, 0.05) is 6.54 Å². The Kier molecular flexibility index (Phi) is 5.58. The molecule has 0 unspecified atom stereocenters. The highest BCUT2D eigenvalue weighted by atomic mass is 35.5. The van der Waals surface area contributed by atoms with E-state index in [1.165, 1.54) is 12.8 Å².